The van der Waals surface area contributed by atoms with Crippen LogP contribution in [0.15, 0.2) is 79.0 Å². The van der Waals surface area contributed by atoms with E-state index >= 15 is 0 Å². The van der Waals surface area contributed by atoms with Crippen LogP contribution < -0.4 is 10.1 Å². The molecule has 0 heterocycles. The van der Waals surface area contributed by atoms with Gasteiger partial charge in [0.25, 0.3) is 0 Å². The number of allylic oxidation sites excluding steroid dienone is 1. The maximum absolute atomic E-state index is 12.2. The van der Waals surface area contributed by atoms with Crippen LogP contribution in [0.5, 0.6) is 5.75 Å². The molecule has 0 saturated heterocycles. The van der Waals surface area contributed by atoms with Crippen LogP contribution in [0.2, 0.25) is 15.1 Å². The zero-order chi connectivity index (χ0) is 19.9. The van der Waals surface area contributed by atoms with E-state index in [0.29, 0.717) is 33.0 Å². The minimum absolute atomic E-state index is 0.117. The van der Waals surface area contributed by atoms with Gasteiger partial charge in [0.05, 0.1) is 0 Å². The highest BCUT2D eigenvalue weighted by molar-refractivity contribution is 6.35. The van der Waals surface area contributed by atoms with Crippen LogP contribution in [0.3, 0.4) is 0 Å². The smallest absolute Gasteiger partial charge is 0.187 e. The van der Waals surface area contributed by atoms with Crippen LogP contribution in [-0.2, 0) is 6.61 Å². The summed E-state index contributed by atoms with van der Waals surface area (Å²) in [6, 6.07) is 19.4. The first-order chi connectivity index (χ1) is 13.5. The van der Waals surface area contributed by atoms with Gasteiger partial charge < -0.3 is 10.1 Å². The van der Waals surface area contributed by atoms with Crippen molar-refractivity contribution < 1.29 is 9.53 Å². The molecule has 0 bridgehead atoms. The summed E-state index contributed by atoms with van der Waals surface area (Å²) in [6.45, 7) is 0.314. The summed E-state index contributed by atoms with van der Waals surface area (Å²) in [7, 11) is 0. The third-order valence-corrected chi connectivity index (χ3v) is 4.72. The fraction of sp³-hybridized carbons (Fsp3) is 0.0455. The summed E-state index contributed by atoms with van der Waals surface area (Å²) < 4.78 is 5.72. The van der Waals surface area contributed by atoms with Gasteiger partial charge in [0.2, 0.25) is 0 Å². The summed E-state index contributed by atoms with van der Waals surface area (Å²) >= 11 is 17.9. The lowest BCUT2D eigenvalue weighted by Gasteiger charge is -2.08. The number of rotatable bonds is 7. The lowest BCUT2D eigenvalue weighted by atomic mass is 10.1. The van der Waals surface area contributed by atoms with Crippen LogP contribution in [-0.4, -0.2) is 5.78 Å². The number of halogens is 3. The molecule has 0 atom stereocenters. The Morgan fingerprint density at radius 2 is 1.57 bits per heavy atom. The molecule has 0 aliphatic carbocycles. The molecule has 0 aromatic heterocycles. The van der Waals surface area contributed by atoms with E-state index in [2.05, 4.69) is 5.32 Å². The van der Waals surface area contributed by atoms with Gasteiger partial charge in [-0.05, 0) is 60.7 Å². The number of benzene rings is 3. The van der Waals surface area contributed by atoms with Gasteiger partial charge in [0, 0.05) is 44.2 Å². The molecule has 3 aromatic rings. The zero-order valence-electron chi connectivity index (χ0n) is 14.7. The molecule has 1 N–H and O–H groups in total. The molecule has 0 fully saturated rings. The quantitative estimate of drug-likeness (QED) is 0.321. The summed E-state index contributed by atoms with van der Waals surface area (Å²) in [5.41, 5.74) is 2.24. The van der Waals surface area contributed by atoms with Crippen molar-refractivity contribution in [3.8, 4) is 5.75 Å². The van der Waals surface area contributed by atoms with Crippen LogP contribution >= 0.6 is 34.8 Å². The molecule has 0 spiro atoms. The maximum atomic E-state index is 12.2. The average molecular weight is 433 g/mol. The van der Waals surface area contributed by atoms with Crippen molar-refractivity contribution in [3.05, 3.63) is 105 Å². The second-order valence-corrected chi connectivity index (χ2v) is 7.18. The van der Waals surface area contributed by atoms with Gasteiger partial charge in [-0.25, -0.2) is 0 Å². The number of hydrogen-bond acceptors (Lipinski definition) is 3. The van der Waals surface area contributed by atoms with E-state index < -0.39 is 0 Å². The SMILES string of the molecule is O=C(C=CNc1ccc(Cl)cc1)c1ccc(OCc2ccc(Cl)cc2Cl)cc1. The van der Waals surface area contributed by atoms with Crippen molar-refractivity contribution in [2.75, 3.05) is 5.32 Å². The Labute approximate surface area is 178 Å². The van der Waals surface area contributed by atoms with Crippen LogP contribution in [0.1, 0.15) is 15.9 Å². The summed E-state index contributed by atoms with van der Waals surface area (Å²) in [4.78, 5) is 12.2. The highest BCUT2D eigenvalue weighted by atomic mass is 35.5. The lowest BCUT2D eigenvalue weighted by molar-refractivity contribution is 0.104. The predicted octanol–water partition coefficient (Wildman–Crippen LogP) is 7.03. The standard InChI is InChI=1S/C22H16Cl3NO2/c23-17-5-7-19(8-6-17)26-12-11-22(27)15-2-9-20(10-3-15)28-14-16-1-4-18(24)13-21(16)25/h1-13,26H,14H2. The fourth-order valence-corrected chi connectivity index (χ4v) is 2.96. The Balaban J connectivity index is 1.54. The Bertz CT molecular complexity index is 984. The van der Waals surface area contributed by atoms with Crippen LogP contribution in [0.4, 0.5) is 5.69 Å². The molecule has 6 heteroatoms. The molecule has 142 valence electrons. The molecule has 3 nitrogen and oxygen atoms in total. The van der Waals surface area contributed by atoms with Crippen molar-refractivity contribution in [1.82, 2.24) is 0 Å². The molecular weight excluding hydrogens is 417 g/mol. The number of carbonyl (C=O) groups is 1. The molecule has 28 heavy (non-hydrogen) atoms. The van der Waals surface area contributed by atoms with Gasteiger partial charge in [0.15, 0.2) is 5.78 Å². The molecule has 3 rings (SSSR count). The van der Waals surface area contributed by atoms with Gasteiger partial charge in [0.1, 0.15) is 12.4 Å². The Morgan fingerprint density at radius 1 is 0.893 bits per heavy atom. The largest absolute Gasteiger partial charge is 0.489 e. The maximum Gasteiger partial charge on any atom is 0.187 e. The Hall–Kier alpha value is -2.46. The Kier molecular flexibility index (Phi) is 6.99. The number of hydrogen-bond donors (Lipinski definition) is 1. The van der Waals surface area contributed by atoms with Crippen molar-refractivity contribution in [3.63, 3.8) is 0 Å². The number of nitrogens with one attached hydrogen (secondary N) is 1. The highest BCUT2D eigenvalue weighted by Crippen LogP contribution is 2.23. The van der Waals surface area contributed by atoms with E-state index in [1.165, 1.54) is 6.08 Å². The number of ether oxygens (including phenoxy) is 1. The van der Waals surface area contributed by atoms with E-state index in [-0.39, 0.29) is 5.78 Å². The molecular formula is C22H16Cl3NO2. The topological polar surface area (TPSA) is 38.3 Å². The zero-order valence-corrected chi connectivity index (χ0v) is 16.9. The summed E-state index contributed by atoms with van der Waals surface area (Å²) in [5.74, 6) is 0.527. The molecule has 0 aliphatic rings. The van der Waals surface area contributed by atoms with Gasteiger partial charge in [-0.15, -0.1) is 0 Å². The summed E-state index contributed by atoms with van der Waals surface area (Å²) in [5, 5.41) is 4.82. The minimum atomic E-state index is -0.117. The molecule has 0 amide bonds. The molecule has 0 saturated carbocycles. The van der Waals surface area contributed by atoms with E-state index in [1.807, 2.05) is 18.2 Å². The van der Waals surface area contributed by atoms with E-state index in [4.69, 9.17) is 39.5 Å². The van der Waals surface area contributed by atoms with Crippen LogP contribution in [0, 0.1) is 0 Å². The first kappa shape index (κ1) is 20.3. The predicted molar refractivity (Wildman–Crippen MR) is 116 cm³/mol. The number of ketones is 1. The third-order valence-electron chi connectivity index (χ3n) is 3.88. The average Bonchev–Trinajstić information content (AvgIpc) is 2.69. The first-order valence-electron chi connectivity index (χ1n) is 8.41. The van der Waals surface area contributed by atoms with Crippen molar-refractivity contribution in [2.45, 2.75) is 6.61 Å². The number of carbonyl (C=O) groups excluding carboxylic acids is 1. The minimum Gasteiger partial charge on any atom is -0.489 e. The monoisotopic (exact) mass is 431 g/mol. The van der Waals surface area contributed by atoms with E-state index in [9.17, 15) is 4.79 Å². The lowest BCUT2D eigenvalue weighted by Crippen LogP contribution is -1.98. The second-order valence-electron chi connectivity index (χ2n) is 5.90. The van der Waals surface area contributed by atoms with Gasteiger partial charge in [-0.3, -0.25) is 4.79 Å². The molecule has 0 radical (unpaired) electrons. The third kappa shape index (κ3) is 5.77. The summed E-state index contributed by atoms with van der Waals surface area (Å²) in [6.07, 6.45) is 3.07. The van der Waals surface area contributed by atoms with Crippen molar-refractivity contribution >= 4 is 46.3 Å². The molecule has 3 aromatic carbocycles. The highest BCUT2D eigenvalue weighted by Gasteiger charge is 2.05. The van der Waals surface area contributed by atoms with E-state index in [1.54, 1.807) is 54.7 Å². The van der Waals surface area contributed by atoms with Crippen molar-refractivity contribution in [2.24, 2.45) is 0 Å². The molecule has 0 aliphatic heterocycles. The van der Waals surface area contributed by atoms with Crippen molar-refractivity contribution in [1.29, 1.82) is 0 Å². The van der Waals surface area contributed by atoms with E-state index in [0.717, 1.165) is 11.3 Å². The van der Waals surface area contributed by atoms with Gasteiger partial charge in [-0.2, -0.15) is 0 Å². The fourth-order valence-electron chi connectivity index (χ4n) is 2.37. The Morgan fingerprint density at radius 3 is 2.25 bits per heavy atom. The van der Waals surface area contributed by atoms with Gasteiger partial charge >= 0.3 is 0 Å². The molecule has 0 unspecified atom stereocenters. The second kappa shape index (κ2) is 9.65. The van der Waals surface area contributed by atoms with Crippen LogP contribution in [0.25, 0.3) is 0 Å². The first-order valence-corrected chi connectivity index (χ1v) is 9.54. The number of anilines is 1. The normalized spacial score (nSPS) is 10.8. The van der Waals surface area contributed by atoms with Gasteiger partial charge in [-0.1, -0.05) is 40.9 Å².